The lowest BCUT2D eigenvalue weighted by atomic mass is 9.94. The van der Waals surface area contributed by atoms with E-state index in [4.69, 9.17) is 30.2 Å². The van der Waals surface area contributed by atoms with Gasteiger partial charge in [-0.05, 0) is 29.8 Å². The Hall–Kier alpha value is -4.43. The van der Waals surface area contributed by atoms with Crippen LogP contribution in [0.5, 0.6) is 17.2 Å². The maximum Gasteiger partial charge on any atom is 0.294 e. The SMILES string of the molecule is COc1cc(Cl)cc2cc(C(=O)C3=C(O)C(=O)N(c4ccc5c(c4)OCO5)C3c3ccccc3)oc12. The van der Waals surface area contributed by atoms with E-state index < -0.39 is 23.5 Å². The maximum absolute atomic E-state index is 13.8. The second-order valence-corrected chi connectivity index (χ2v) is 8.69. The smallest absolute Gasteiger partial charge is 0.294 e. The molecule has 0 spiro atoms. The van der Waals surface area contributed by atoms with Crippen LogP contribution in [0.3, 0.4) is 0 Å². The number of benzene rings is 3. The normalized spacial score (nSPS) is 16.8. The van der Waals surface area contributed by atoms with Crippen molar-refractivity contribution >= 4 is 39.9 Å². The molecule has 1 amide bonds. The molecule has 0 fully saturated rings. The van der Waals surface area contributed by atoms with Crippen LogP contribution in [0.4, 0.5) is 5.69 Å². The van der Waals surface area contributed by atoms with Gasteiger partial charge >= 0.3 is 0 Å². The largest absolute Gasteiger partial charge is 0.503 e. The van der Waals surface area contributed by atoms with Crippen LogP contribution in [-0.4, -0.2) is 30.7 Å². The topological polar surface area (TPSA) is 98.4 Å². The molecule has 6 rings (SSSR count). The highest BCUT2D eigenvalue weighted by atomic mass is 35.5. The number of ketones is 1. The minimum absolute atomic E-state index is 0.0617. The van der Waals surface area contributed by atoms with Crippen molar-refractivity contribution in [2.75, 3.05) is 18.8 Å². The van der Waals surface area contributed by atoms with Gasteiger partial charge in [-0.3, -0.25) is 14.5 Å². The summed E-state index contributed by atoms with van der Waals surface area (Å²) in [6.07, 6.45) is 0. The number of amides is 1. The fourth-order valence-electron chi connectivity index (χ4n) is 4.57. The van der Waals surface area contributed by atoms with E-state index in [0.717, 1.165) is 0 Å². The predicted octanol–water partition coefficient (Wildman–Crippen LogP) is 5.61. The Bertz CT molecular complexity index is 1570. The molecule has 9 heteroatoms. The minimum Gasteiger partial charge on any atom is -0.503 e. The van der Waals surface area contributed by atoms with Crippen molar-refractivity contribution in [1.82, 2.24) is 0 Å². The molecule has 2 aliphatic heterocycles. The van der Waals surface area contributed by atoms with Crippen molar-refractivity contribution in [3.8, 4) is 17.2 Å². The number of hydrogen-bond donors (Lipinski definition) is 1. The van der Waals surface area contributed by atoms with Crippen LogP contribution < -0.4 is 19.1 Å². The zero-order chi connectivity index (χ0) is 25.0. The van der Waals surface area contributed by atoms with Gasteiger partial charge in [0.1, 0.15) is 0 Å². The number of hydrogen-bond acceptors (Lipinski definition) is 7. The molecule has 1 atom stereocenters. The van der Waals surface area contributed by atoms with Crippen molar-refractivity contribution < 1.29 is 33.3 Å². The molecule has 8 nitrogen and oxygen atoms in total. The zero-order valence-electron chi connectivity index (χ0n) is 18.9. The van der Waals surface area contributed by atoms with E-state index >= 15 is 0 Å². The molecule has 3 aromatic carbocycles. The van der Waals surface area contributed by atoms with Gasteiger partial charge in [0.15, 0.2) is 34.4 Å². The summed E-state index contributed by atoms with van der Waals surface area (Å²) in [7, 11) is 1.47. The Kier molecular flexibility index (Phi) is 5.12. The van der Waals surface area contributed by atoms with Crippen LogP contribution >= 0.6 is 11.6 Å². The molecule has 0 saturated carbocycles. The highest BCUT2D eigenvalue weighted by Gasteiger charge is 2.45. The second-order valence-electron chi connectivity index (χ2n) is 8.25. The third-order valence-electron chi connectivity index (χ3n) is 6.19. The Balaban J connectivity index is 1.48. The van der Waals surface area contributed by atoms with Crippen molar-refractivity contribution in [3.05, 3.63) is 94.4 Å². The lowest BCUT2D eigenvalue weighted by Crippen LogP contribution is -2.31. The molecule has 36 heavy (non-hydrogen) atoms. The molecule has 1 aromatic heterocycles. The number of fused-ring (bicyclic) bond motifs is 2. The van der Waals surface area contributed by atoms with Crippen molar-refractivity contribution in [2.45, 2.75) is 6.04 Å². The molecule has 1 N–H and O–H groups in total. The van der Waals surface area contributed by atoms with Crippen molar-refractivity contribution in [2.24, 2.45) is 0 Å². The second kappa shape index (κ2) is 8.35. The number of rotatable bonds is 5. The quantitative estimate of drug-likeness (QED) is 0.353. The molecule has 0 saturated heterocycles. The lowest BCUT2D eigenvalue weighted by molar-refractivity contribution is -0.117. The van der Waals surface area contributed by atoms with E-state index in [-0.39, 0.29) is 18.1 Å². The van der Waals surface area contributed by atoms with Crippen molar-refractivity contribution in [3.63, 3.8) is 0 Å². The molecule has 180 valence electrons. The average Bonchev–Trinajstić information content (AvgIpc) is 3.60. The first-order chi connectivity index (χ1) is 17.5. The standard InChI is InChI=1S/C27H18ClNO7/c1-33-21-11-16(28)9-15-10-20(36-26(15)21)24(30)22-23(14-5-3-2-4-6-14)29(27(32)25(22)31)17-7-8-18-19(12-17)35-13-34-18/h2-12,23,31H,13H2,1H3. The predicted molar refractivity (Wildman–Crippen MR) is 131 cm³/mol. The van der Waals surface area contributed by atoms with Crippen LogP contribution in [0.15, 0.2) is 82.5 Å². The van der Waals surface area contributed by atoms with Gasteiger partial charge in [0.05, 0.1) is 18.7 Å². The number of aliphatic hydroxyl groups is 1. The van der Waals surface area contributed by atoms with E-state index in [0.29, 0.717) is 44.5 Å². The summed E-state index contributed by atoms with van der Waals surface area (Å²) in [5.74, 6) is -0.697. The first-order valence-electron chi connectivity index (χ1n) is 11.0. The van der Waals surface area contributed by atoms with Gasteiger partial charge in [0, 0.05) is 28.2 Å². The molecule has 0 aliphatic carbocycles. The molecule has 0 radical (unpaired) electrons. The van der Waals surface area contributed by atoms with Gasteiger partial charge in [-0.15, -0.1) is 0 Å². The van der Waals surface area contributed by atoms with E-state index in [2.05, 4.69) is 0 Å². The summed E-state index contributed by atoms with van der Waals surface area (Å²) in [5.41, 5.74) is 1.30. The fraction of sp³-hybridized carbons (Fsp3) is 0.111. The van der Waals surface area contributed by atoms with Crippen LogP contribution in [0, 0.1) is 0 Å². The average molecular weight is 504 g/mol. The van der Waals surface area contributed by atoms with Gasteiger partial charge in [-0.25, -0.2) is 0 Å². The Morgan fingerprint density at radius 2 is 1.83 bits per heavy atom. The Labute approximate surface area is 209 Å². The third kappa shape index (κ3) is 3.37. The number of aliphatic hydroxyl groups excluding tert-OH is 1. The van der Waals surface area contributed by atoms with Gasteiger partial charge in [0.2, 0.25) is 12.6 Å². The monoisotopic (exact) mass is 503 g/mol. The summed E-state index contributed by atoms with van der Waals surface area (Å²) < 4.78 is 22.0. The maximum atomic E-state index is 13.8. The number of carbonyl (C=O) groups excluding carboxylic acids is 2. The summed E-state index contributed by atoms with van der Waals surface area (Å²) in [5, 5.41) is 12.0. The van der Waals surface area contributed by atoms with Gasteiger partial charge in [-0.1, -0.05) is 41.9 Å². The van der Waals surface area contributed by atoms with Crippen LogP contribution in [0.25, 0.3) is 11.0 Å². The van der Waals surface area contributed by atoms with Crippen LogP contribution in [0.1, 0.15) is 22.2 Å². The number of carbonyl (C=O) groups is 2. The zero-order valence-corrected chi connectivity index (χ0v) is 19.6. The van der Waals surface area contributed by atoms with E-state index in [1.807, 2.05) is 6.07 Å². The molecular weight excluding hydrogens is 486 g/mol. The number of Topliss-reactive ketones (excluding diaryl/α,β-unsaturated/α-hetero) is 1. The van der Waals surface area contributed by atoms with E-state index in [9.17, 15) is 14.7 Å². The molecule has 2 aliphatic rings. The van der Waals surface area contributed by atoms with Gasteiger partial charge in [-0.2, -0.15) is 0 Å². The lowest BCUT2D eigenvalue weighted by Gasteiger charge is -2.26. The number of nitrogens with zero attached hydrogens (tertiary/aromatic N) is 1. The number of anilines is 1. The number of furan rings is 1. The molecule has 1 unspecified atom stereocenters. The summed E-state index contributed by atoms with van der Waals surface area (Å²) in [6, 6.07) is 17.8. The highest BCUT2D eigenvalue weighted by molar-refractivity contribution is 6.31. The molecular formula is C27H18ClNO7. The van der Waals surface area contributed by atoms with Crippen LogP contribution in [0.2, 0.25) is 5.02 Å². The number of halogens is 1. The summed E-state index contributed by atoms with van der Waals surface area (Å²) >= 11 is 6.16. The third-order valence-corrected chi connectivity index (χ3v) is 6.41. The Morgan fingerprint density at radius 1 is 1.06 bits per heavy atom. The molecule has 4 aromatic rings. The van der Waals surface area contributed by atoms with Crippen LogP contribution in [-0.2, 0) is 4.79 Å². The van der Waals surface area contributed by atoms with E-state index in [1.165, 1.54) is 18.1 Å². The highest BCUT2D eigenvalue weighted by Crippen LogP contribution is 2.45. The molecule has 0 bridgehead atoms. The fourth-order valence-corrected chi connectivity index (χ4v) is 4.79. The van der Waals surface area contributed by atoms with Gasteiger partial charge in [0.25, 0.3) is 5.91 Å². The summed E-state index contributed by atoms with van der Waals surface area (Å²) in [6.45, 7) is 0.0710. The number of methoxy groups -OCH3 is 1. The first kappa shape index (κ1) is 22.1. The first-order valence-corrected chi connectivity index (χ1v) is 11.4. The minimum atomic E-state index is -0.912. The number of ether oxygens (including phenoxy) is 3. The Morgan fingerprint density at radius 3 is 2.61 bits per heavy atom. The van der Waals surface area contributed by atoms with Gasteiger partial charge < -0.3 is 23.7 Å². The van der Waals surface area contributed by atoms with Crippen molar-refractivity contribution in [1.29, 1.82) is 0 Å². The molecule has 3 heterocycles. The summed E-state index contributed by atoms with van der Waals surface area (Å²) in [4.78, 5) is 28.5. The van der Waals surface area contributed by atoms with E-state index in [1.54, 1.807) is 54.6 Å².